The number of benzene rings is 1. The van der Waals surface area contributed by atoms with Crippen LogP contribution in [0.4, 0.5) is 23.2 Å². The van der Waals surface area contributed by atoms with Crippen LogP contribution < -0.4 is 4.72 Å². The molecular weight excluding hydrogens is 318 g/mol. The quantitative estimate of drug-likeness (QED) is 0.786. The van der Waals surface area contributed by atoms with Crippen LogP contribution in [0.1, 0.15) is 23.2 Å². The van der Waals surface area contributed by atoms with Gasteiger partial charge in [-0.3, -0.25) is 4.72 Å². The predicted molar refractivity (Wildman–Crippen MR) is 66.1 cm³/mol. The molecule has 1 aromatic rings. The molecular formula is C11H11F4NO4S. The Morgan fingerprint density at radius 2 is 1.90 bits per heavy atom. The second kappa shape index (κ2) is 6.29. The van der Waals surface area contributed by atoms with E-state index in [9.17, 15) is 30.8 Å². The van der Waals surface area contributed by atoms with Crippen LogP contribution in [0.2, 0.25) is 0 Å². The number of rotatable bonds is 6. The molecule has 0 saturated heterocycles. The summed E-state index contributed by atoms with van der Waals surface area (Å²) in [5, 5.41) is 8.83. The van der Waals surface area contributed by atoms with Gasteiger partial charge in [-0.25, -0.2) is 17.6 Å². The van der Waals surface area contributed by atoms with Gasteiger partial charge in [-0.2, -0.15) is 13.2 Å². The molecule has 0 aliphatic heterocycles. The molecule has 10 heteroatoms. The summed E-state index contributed by atoms with van der Waals surface area (Å²) in [7, 11) is -4.21. The van der Waals surface area contributed by atoms with Gasteiger partial charge in [-0.15, -0.1) is 0 Å². The monoisotopic (exact) mass is 329 g/mol. The Balaban J connectivity index is 2.84. The topological polar surface area (TPSA) is 83.5 Å². The third kappa shape index (κ3) is 5.98. The molecule has 0 aliphatic carbocycles. The summed E-state index contributed by atoms with van der Waals surface area (Å²) in [6.07, 6.45) is -6.46. The van der Waals surface area contributed by atoms with E-state index in [1.165, 1.54) is 0 Å². The van der Waals surface area contributed by atoms with Gasteiger partial charge >= 0.3 is 12.1 Å². The lowest BCUT2D eigenvalue weighted by Gasteiger charge is -2.11. The van der Waals surface area contributed by atoms with E-state index < -0.39 is 57.8 Å². The second-order valence-corrected chi connectivity index (χ2v) is 5.98. The van der Waals surface area contributed by atoms with Crippen molar-refractivity contribution in [2.75, 3.05) is 10.5 Å². The van der Waals surface area contributed by atoms with Crippen molar-refractivity contribution < 1.29 is 35.9 Å². The van der Waals surface area contributed by atoms with Crippen molar-refractivity contribution in [3.63, 3.8) is 0 Å². The number of alkyl halides is 3. The molecule has 0 unspecified atom stereocenters. The fraction of sp³-hybridized carbons (Fsp3) is 0.364. The zero-order valence-electron chi connectivity index (χ0n) is 10.4. The van der Waals surface area contributed by atoms with Gasteiger partial charge in [0.25, 0.3) is 0 Å². The second-order valence-electron chi connectivity index (χ2n) is 4.13. The number of carboxylic acids is 1. The molecule has 0 heterocycles. The first-order chi connectivity index (χ1) is 9.50. The summed E-state index contributed by atoms with van der Waals surface area (Å²) in [6.45, 7) is 0. The number of nitrogens with one attached hydrogen (secondary N) is 1. The van der Waals surface area contributed by atoms with Crippen LogP contribution in [0.3, 0.4) is 0 Å². The molecule has 5 nitrogen and oxygen atoms in total. The Morgan fingerprint density at radius 1 is 1.29 bits per heavy atom. The molecule has 1 aromatic carbocycles. The normalized spacial score (nSPS) is 12.2. The zero-order chi connectivity index (χ0) is 16.3. The molecule has 0 aromatic heterocycles. The van der Waals surface area contributed by atoms with Crippen molar-refractivity contribution in [3.8, 4) is 0 Å². The fourth-order valence-electron chi connectivity index (χ4n) is 1.47. The predicted octanol–water partition coefficient (Wildman–Crippen LogP) is 2.61. The van der Waals surface area contributed by atoms with E-state index in [4.69, 9.17) is 5.11 Å². The molecule has 0 amide bonds. The highest BCUT2D eigenvalue weighted by molar-refractivity contribution is 7.92. The summed E-state index contributed by atoms with van der Waals surface area (Å²) in [5.74, 6) is -3.24. The Hall–Kier alpha value is -1.84. The molecule has 21 heavy (non-hydrogen) atoms. The number of aromatic carboxylic acids is 1. The van der Waals surface area contributed by atoms with Crippen molar-refractivity contribution in [1.29, 1.82) is 0 Å². The van der Waals surface area contributed by atoms with Crippen LogP contribution in [0.5, 0.6) is 0 Å². The molecule has 0 fully saturated rings. The number of hydrogen-bond donors (Lipinski definition) is 2. The van der Waals surface area contributed by atoms with Crippen molar-refractivity contribution in [2.45, 2.75) is 19.0 Å². The first-order valence-electron chi connectivity index (χ1n) is 5.60. The molecule has 118 valence electrons. The maximum atomic E-state index is 13.0. The van der Waals surface area contributed by atoms with E-state index in [2.05, 4.69) is 0 Å². The van der Waals surface area contributed by atoms with Crippen LogP contribution in [0.25, 0.3) is 0 Å². The van der Waals surface area contributed by atoms with Gasteiger partial charge in [0, 0.05) is 6.42 Å². The first kappa shape index (κ1) is 17.2. The third-order valence-electron chi connectivity index (χ3n) is 2.35. The molecule has 2 N–H and O–H groups in total. The summed E-state index contributed by atoms with van der Waals surface area (Å²) >= 11 is 0. The number of sulfonamides is 1. The lowest BCUT2D eigenvalue weighted by molar-refractivity contribution is -0.134. The summed E-state index contributed by atoms with van der Waals surface area (Å²) < 4.78 is 73.8. The van der Waals surface area contributed by atoms with E-state index in [0.29, 0.717) is 6.07 Å². The number of hydrogen-bond acceptors (Lipinski definition) is 3. The highest BCUT2D eigenvalue weighted by Gasteiger charge is 2.27. The maximum absolute atomic E-state index is 13.0. The summed E-state index contributed by atoms with van der Waals surface area (Å²) in [6, 6.07) is 2.32. The smallest absolute Gasteiger partial charge is 0.389 e. The van der Waals surface area contributed by atoms with E-state index >= 15 is 0 Å². The molecule has 0 aliphatic rings. The number of carbonyl (C=O) groups is 1. The number of carboxylic acid groups (broad SMARTS) is 1. The summed E-state index contributed by atoms with van der Waals surface area (Å²) in [5.41, 5.74) is -1.04. The number of anilines is 1. The minimum absolute atomic E-state index is 0.504. The van der Waals surface area contributed by atoms with E-state index in [1.807, 2.05) is 0 Å². The van der Waals surface area contributed by atoms with Gasteiger partial charge < -0.3 is 5.11 Å². The van der Waals surface area contributed by atoms with Gasteiger partial charge in [-0.1, -0.05) is 0 Å². The molecule has 0 spiro atoms. The molecule has 0 atom stereocenters. The standard InChI is InChI=1S/C11H11F4NO4S/c12-7-2-3-8(10(17)18)9(6-7)16-21(19,20)5-1-4-11(13,14)15/h2-3,6,16H,1,4-5H2,(H,17,18). The lowest BCUT2D eigenvalue weighted by Crippen LogP contribution is -2.20. The van der Waals surface area contributed by atoms with Crippen LogP contribution in [0, 0.1) is 5.82 Å². The van der Waals surface area contributed by atoms with Crippen LogP contribution in [-0.2, 0) is 10.0 Å². The van der Waals surface area contributed by atoms with Gasteiger partial charge in [-0.05, 0) is 24.6 Å². The Labute approximate surface area is 117 Å². The average molecular weight is 329 g/mol. The molecule has 0 radical (unpaired) electrons. The highest BCUT2D eigenvalue weighted by atomic mass is 32.2. The molecule has 0 bridgehead atoms. The maximum Gasteiger partial charge on any atom is 0.389 e. The van der Waals surface area contributed by atoms with Gasteiger partial charge in [0.05, 0.1) is 17.0 Å². The summed E-state index contributed by atoms with van der Waals surface area (Å²) in [4.78, 5) is 10.9. The Bertz CT molecular complexity index is 628. The van der Waals surface area contributed by atoms with E-state index in [1.54, 1.807) is 4.72 Å². The minimum atomic E-state index is -4.49. The minimum Gasteiger partial charge on any atom is -0.478 e. The SMILES string of the molecule is O=C(O)c1ccc(F)cc1NS(=O)(=O)CCCC(F)(F)F. The highest BCUT2D eigenvalue weighted by Crippen LogP contribution is 2.23. The van der Waals surface area contributed by atoms with Crippen LogP contribution in [-0.4, -0.2) is 31.4 Å². The molecule has 0 saturated carbocycles. The third-order valence-corrected chi connectivity index (χ3v) is 3.71. The Morgan fingerprint density at radius 3 is 2.43 bits per heavy atom. The zero-order valence-corrected chi connectivity index (χ0v) is 11.3. The molecule has 1 rings (SSSR count). The van der Waals surface area contributed by atoms with Crippen LogP contribution in [0.15, 0.2) is 18.2 Å². The average Bonchev–Trinajstić information content (AvgIpc) is 2.25. The van der Waals surface area contributed by atoms with Crippen molar-refractivity contribution in [3.05, 3.63) is 29.6 Å². The Kier molecular flexibility index (Phi) is 5.15. The van der Waals surface area contributed by atoms with Crippen LogP contribution >= 0.6 is 0 Å². The van der Waals surface area contributed by atoms with Crippen molar-refractivity contribution in [1.82, 2.24) is 0 Å². The lowest BCUT2D eigenvalue weighted by atomic mass is 10.2. The van der Waals surface area contributed by atoms with Crippen molar-refractivity contribution >= 4 is 21.7 Å². The fourth-order valence-corrected chi connectivity index (χ4v) is 2.60. The van der Waals surface area contributed by atoms with E-state index in [-0.39, 0.29) is 0 Å². The van der Waals surface area contributed by atoms with Gasteiger partial charge in [0.2, 0.25) is 10.0 Å². The van der Waals surface area contributed by atoms with Crippen molar-refractivity contribution in [2.24, 2.45) is 0 Å². The van der Waals surface area contributed by atoms with E-state index in [0.717, 1.165) is 12.1 Å². The first-order valence-corrected chi connectivity index (χ1v) is 7.25. The van der Waals surface area contributed by atoms with Gasteiger partial charge in [0.15, 0.2) is 0 Å². The largest absolute Gasteiger partial charge is 0.478 e. The van der Waals surface area contributed by atoms with Gasteiger partial charge in [0.1, 0.15) is 5.82 Å². The number of halogens is 4.